The summed E-state index contributed by atoms with van der Waals surface area (Å²) >= 11 is 0. The Hall–Kier alpha value is -1.96. The van der Waals surface area contributed by atoms with E-state index in [0.717, 1.165) is 0 Å². The molecule has 1 atom stereocenters. The Bertz CT molecular complexity index is 499. The van der Waals surface area contributed by atoms with E-state index >= 15 is 0 Å². The Balaban J connectivity index is 2.32. The molecule has 0 aliphatic carbocycles. The first-order valence-corrected chi connectivity index (χ1v) is 6.16. The predicted molar refractivity (Wildman–Crippen MR) is 65.2 cm³/mol. The molecule has 8 nitrogen and oxygen atoms in total. The molecule has 0 radical (unpaired) electrons. The highest BCUT2D eigenvalue weighted by atomic mass is 16.5. The molecular weight excluding hydrogens is 250 g/mol. The molecule has 0 aromatic carbocycles. The Labute approximate surface area is 110 Å². The first kappa shape index (κ1) is 13.5. The van der Waals surface area contributed by atoms with Gasteiger partial charge in [-0.05, 0) is 13.3 Å². The number of nitrogens with two attached hydrogens (primary N) is 1. The molecule has 0 saturated carbocycles. The number of aromatic nitrogens is 3. The van der Waals surface area contributed by atoms with Crippen molar-refractivity contribution in [3.8, 4) is 0 Å². The van der Waals surface area contributed by atoms with Crippen LogP contribution < -0.4 is 5.73 Å². The number of ether oxygens (including phenoxy) is 1. The Morgan fingerprint density at radius 1 is 1.58 bits per heavy atom. The van der Waals surface area contributed by atoms with E-state index in [1.807, 2.05) is 0 Å². The molecule has 1 aliphatic rings. The summed E-state index contributed by atoms with van der Waals surface area (Å²) < 4.78 is 6.33. The maximum Gasteiger partial charge on any atom is 0.360 e. The van der Waals surface area contributed by atoms with Gasteiger partial charge in [-0.2, -0.15) is 0 Å². The number of nitrogens with zero attached hydrogens (tertiary/aromatic N) is 4. The molecule has 1 fully saturated rings. The minimum atomic E-state index is -0.562. The van der Waals surface area contributed by atoms with E-state index < -0.39 is 12.0 Å². The van der Waals surface area contributed by atoms with Crippen LogP contribution in [-0.2, 0) is 16.1 Å². The summed E-state index contributed by atoms with van der Waals surface area (Å²) in [6, 6.07) is -0.431. The van der Waals surface area contributed by atoms with Crippen LogP contribution in [0.4, 0.5) is 0 Å². The number of likely N-dealkylation sites (tertiary alicyclic amines) is 1. The highest BCUT2D eigenvalue weighted by molar-refractivity contribution is 5.89. The fourth-order valence-electron chi connectivity index (χ4n) is 2.14. The third-order valence-electron chi connectivity index (χ3n) is 3.15. The second-order valence-corrected chi connectivity index (χ2v) is 4.32. The molecule has 0 spiro atoms. The number of hydrogen-bond donors (Lipinski definition) is 1. The maximum atomic E-state index is 12.0. The first-order chi connectivity index (χ1) is 9.10. The third-order valence-corrected chi connectivity index (χ3v) is 3.15. The topological polar surface area (TPSA) is 103 Å². The SMILES string of the molecule is CCOC(=O)c1nnn(C2CCN(C)C2=O)c1CN. The monoisotopic (exact) mass is 267 g/mol. The van der Waals surface area contributed by atoms with Crippen molar-refractivity contribution in [3.63, 3.8) is 0 Å². The summed E-state index contributed by atoms with van der Waals surface area (Å²) in [5.41, 5.74) is 6.17. The van der Waals surface area contributed by atoms with Crippen LogP contribution in [0.2, 0.25) is 0 Å². The summed E-state index contributed by atoms with van der Waals surface area (Å²) in [4.78, 5) is 25.3. The van der Waals surface area contributed by atoms with Crippen molar-refractivity contribution >= 4 is 11.9 Å². The van der Waals surface area contributed by atoms with E-state index in [9.17, 15) is 9.59 Å². The number of amides is 1. The molecule has 19 heavy (non-hydrogen) atoms. The fraction of sp³-hybridized carbons (Fsp3) is 0.636. The summed E-state index contributed by atoms with van der Waals surface area (Å²) in [5.74, 6) is -0.608. The lowest BCUT2D eigenvalue weighted by Gasteiger charge is -2.12. The van der Waals surface area contributed by atoms with Crippen molar-refractivity contribution in [2.24, 2.45) is 5.73 Å². The van der Waals surface area contributed by atoms with Gasteiger partial charge in [0.1, 0.15) is 6.04 Å². The van der Waals surface area contributed by atoms with Gasteiger partial charge >= 0.3 is 5.97 Å². The van der Waals surface area contributed by atoms with Crippen LogP contribution >= 0.6 is 0 Å². The number of carbonyl (C=O) groups is 2. The lowest BCUT2D eigenvalue weighted by molar-refractivity contribution is -0.129. The van der Waals surface area contributed by atoms with E-state index in [0.29, 0.717) is 18.7 Å². The Kier molecular flexibility index (Phi) is 3.79. The summed E-state index contributed by atoms with van der Waals surface area (Å²) in [6.45, 7) is 2.69. The van der Waals surface area contributed by atoms with Crippen molar-refractivity contribution in [2.75, 3.05) is 20.2 Å². The second kappa shape index (κ2) is 5.35. The van der Waals surface area contributed by atoms with Gasteiger partial charge in [0, 0.05) is 20.1 Å². The number of hydrogen-bond acceptors (Lipinski definition) is 6. The molecule has 2 rings (SSSR count). The minimum absolute atomic E-state index is 0.0463. The van der Waals surface area contributed by atoms with Crippen LogP contribution in [0.3, 0.4) is 0 Å². The van der Waals surface area contributed by atoms with Crippen molar-refractivity contribution in [3.05, 3.63) is 11.4 Å². The highest BCUT2D eigenvalue weighted by Gasteiger charge is 2.34. The van der Waals surface area contributed by atoms with E-state index in [1.54, 1.807) is 18.9 Å². The minimum Gasteiger partial charge on any atom is -0.461 e. The molecule has 1 aromatic rings. The van der Waals surface area contributed by atoms with Gasteiger partial charge in [0.15, 0.2) is 5.69 Å². The van der Waals surface area contributed by atoms with Crippen LogP contribution in [0.5, 0.6) is 0 Å². The molecule has 1 aromatic heterocycles. The highest BCUT2D eigenvalue weighted by Crippen LogP contribution is 2.23. The normalized spacial score (nSPS) is 19.0. The number of esters is 1. The van der Waals surface area contributed by atoms with Crippen LogP contribution in [0, 0.1) is 0 Å². The van der Waals surface area contributed by atoms with Crippen LogP contribution in [-0.4, -0.2) is 52.0 Å². The molecule has 0 bridgehead atoms. The number of likely N-dealkylation sites (N-methyl/N-ethyl adjacent to an activating group) is 1. The summed E-state index contributed by atoms with van der Waals surface area (Å²) in [5, 5.41) is 7.69. The average Bonchev–Trinajstić information content (AvgIpc) is 2.94. The molecule has 1 unspecified atom stereocenters. The molecule has 2 heterocycles. The molecule has 1 aliphatic heterocycles. The summed E-state index contributed by atoms with van der Waals surface area (Å²) in [6.07, 6.45) is 0.633. The molecule has 8 heteroatoms. The summed E-state index contributed by atoms with van der Waals surface area (Å²) in [7, 11) is 1.73. The largest absolute Gasteiger partial charge is 0.461 e. The van der Waals surface area contributed by atoms with Gasteiger partial charge in [0.25, 0.3) is 0 Å². The van der Waals surface area contributed by atoms with Crippen molar-refractivity contribution in [1.29, 1.82) is 0 Å². The lowest BCUT2D eigenvalue weighted by Crippen LogP contribution is -2.27. The zero-order chi connectivity index (χ0) is 14.0. The van der Waals surface area contributed by atoms with Gasteiger partial charge in [0.05, 0.1) is 12.3 Å². The van der Waals surface area contributed by atoms with Crippen molar-refractivity contribution in [2.45, 2.75) is 25.9 Å². The van der Waals surface area contributed by atoms with E-state index in [-0.39, 0.29) is 24.8 Å². The zero-order valence-electron chi connectivity index (χ0n) is 11.0. The van der Waals surface area contributed by atoms with E-state index in [4.69, 9.17) is 10.5 Å². The number of carbonyl (C=O) groups excluding carboxylic acids is 2. The van der Waals surface area contributed by atoms with E-state index in [2.05, 4.69) is 10.3 Å². The number of rotatable bonds is 4. The van der Waals surface area contributed by atoms with Crippen LogP contribution in [0.1, 0.15) is 35.6 Å². The van der Waals surface area contributed by atoms with Gasteiger partial charge < -0.3 is 15.4 Å². The fourth-order valence-corrected chi connectivity index (χ4v) is 2.14. The molecule has 104 valence electrons. The third kappa shape index (κ3) is 2.30. The second-order valence-electron chi connectivity index (χ2n) is 4.32. The van der Waals surface area contributed by atoms with E-state index in [1.165, 1.54) is 4.68 Å². The van der Waals surface area contributed by atoms with Crippen LogP contribution in [0.15, 0.2) is 0 Å². The lowest BCUT2D eigenvalue weighted by atomic mass is 10.2. The zero-order valence-corrected chi connectivity index (χ0v) is 11.0. The van der Waals surface area contributed by atoms with Gasteiger partial charge in [-0.15, -0.1) is 5.10 Å². The Morgan fingerprint density at radius 2 is 2.32 bits per heavy atom. The van der Waals surface area contributed by atoms with Gasteiger partial charge in [-0.3, -0.25) is 4.79 Å². The van der Waals surface area contributed by atoms with Crippen LogP contribution in [0.25, 0.3) is 0 Å². The molecule has 1 saturated heterocycles. The maximum absolute atomic E-state index is 12.0. The molecule has 2 N–H and O–H groups in total. The standard InChI is InChI=1S/C11H17N5O3/c1-3-19-11(18)9-8(6-12)16(14-13-9)7-4-5-15(2)10(7)17/h7H,3-6,12H2,1-2H3. The predicted octanol–water partition coefficient (Wildman–Crippen LogP) is -0.683. The van der Waals surface area contributed by atoms with Gasteiger partial charge in [0.2, 0.25) is 5.91 Å². The van der Waals surface area contributed by atoms with Gasteiger partial charge in [-0.25, -0.2) is 9.48 Å². The van der Waals surface area contributed by atoms with Crippen molar-refractivity contribution < 1.29 is 14.3 Å². The first-order valence-electron chi connectivity index (χ1n) is 6.16. The van der Waals surface area contributed by atoms with Crippen molar-refractivity contribution in [1.82, 2.24) is 19.9 Å². The average molecular weight is 267 g/mol. The smallest absolute Gasteiger partial charge is 0.360 e. The molecule has 1 amide bonds. The Morgan fingerprint density at radius 3 is 2.84 bits per heavy atom. The quantitative estimate of drug-likeness (QED) is 0.725. The van der Waals surface area contributed by atoms with Gasteiger partial charge in [-0.1, -0.05) is 5.21 Å². The molecular formula is C11H17N5O3.